The van der Waals surface area contributed by atoms with Crippen molar-refractivity contribution < 1.29 is 14.3 Å². The minimum absolute atomic E-state index is 0.183. The van der Waals surface area contributed by atoms with Gasteiger partial charge in [-0.1, -0.05) is 0 Å². The minimum atomic E-state index is 0.183. The van der Waals surface area contributed by atoms with Crippen LogP contribution in [0.4, 0.5) is 0 Å². The monoisotopic (exact) mass is 306 g/mol. The zero-order chi connectivity index (χ0) is 15.8. The van der Waals surface area contributed by atoms with Gasteiger partial charge in [0.15, 0.2) is 0 Å². The van der Waals surface area contributed by atoms with Crippen molar-refractivity contribution in [3.8, 4) is 11.5 Å². The highest BCUT2D eigenvalue weighted by atomic mass is 16.5. The van der Waals surface area contributed by atoms with E-state index in [-0.39, 0.29) is 11.8 Å². The third-order valence-electron chi connectivity index (χ3n) is 4.15. The summed E-state index contributed by atoms with van der Waals surface area (Å²) in [6, 6.07) is 7.65. The third-order valence-corrected chi connectivity index (χ3v) is 4.15. The molecule has 1 aromatic carbocycles. The van der Waals surface area contributed by atoms with Gasteiger partial charge in [-0.15, -0.1) is 0 Å². The summed E-state index contributed by atoms with van der Waals surface area (Å²) in [5.41, 5.74) is 0. The summed E-state index contributed by atoms with van der Waals surface area (Å²) >= 11 is 0. The zero-order valence-electron chi connectivity index (χ0n) is 13.5. The fraction of sp³-hybridized carbons (Fsp3) is 0.588. The third kappa shape index (κ3) is 4.91. The van der Waals surface area contributed by atoms with Crippen LogP contribution >= 0.6 is 0 Å². The number of hydrogen-bond acceptors (Lipinski definition) is 4. The van der Waals surface area contributed by atoms with Crippen LogP contribution < -0.4 is 14.8 Å². The van der Waals surface area contributed by atoms with E-state index in [4.69, 9.17) is 9.47 Å². The molecule has 0 saturated carbocycles. The van der Waals surface area contributed by atoms with E-state index in [0.29, 0.717) is 6.61 Å². The molecule has 1 amide bonds. The van der Waals surface area contributed by atoms with Crippen LogP contribution in [0.3, 0.4) is 0 Å². The largest absolute Gasteiger partial charge is 0.497 e. The summed E-state index contributed by atoms with van der Waals surface area (Å²) in [6.45, 7) is 3.74. The van der Waals surface area contributed by atoms with Crippen molar-refractivity contribution in [3.05, 3.63) is 24.3 Å². The Kier molecular flexibility index (Phi) is 6.52. The van der Waals surface area contributed by atoms with Gasteiger partial charge in [0.2, 0.25) is 5.91 Å². The van der Waals surface area contributed by atoms with E-state index in [2.05, 4.69) is 10.2 Å². The summed E-state index contributed by atoms with van der Waals surface area (Å²) in [7, 11) is 3.37. The first-order chi connectivity index (χ1) is 10.7. The molecule has 0 aromatic heterocycles. The normalized spacial score (nSPS) is 16.3. The molecule has 0 radical (unpaired) electrons. The van der Waals surface area contributed by atoms with E-state index in [1.54, 1.807) is 14.2 Å². The molecule has 2 rings (SSSR count). The van der Waals surface area contributed by atoms with Gasteiger partial charge in [0.05, 0.1) is 13.7 Å². The van der Waals surface area contributed by atoms with Gasteiger partial charge in [-0.3, -0.25) is 4.79 Å². The molecular weight excluding hydrogens is 280 g/mol. The predicted octanol–water partition coefficient (Wildman–Crippen LogP) is 1.92. The van der Waals surface area contributed by atoms with Crippen molar-refractivity contribution in [1.29, 1.82) is 0 Å². The molecule has 122 valence electrons. The number of hydrogen-bond donors (Lipinski definition) is 1. The lowest BCUT2D eigenvalue weighted by atomic mass is 9.96. The molecule has 22 heavy (non-hydrogen) atoms. The van der Waals surface area contributed by atoms with Crippen LogP contribution in [0, 0.1) is 5.92 Å². The van der Waals surface area contributed by atoms with Crippen LogP contribution in [0.5, 0.6) is 11.5 Å². The molecule has 1 fully saturated rings. The van der Waals surface area contributed by atoms with E-state index in [9.17, 15) is 4.79 Å². The molecule has 5 heteroatoms. The molecule has 0 bridgehead atoms. The maximum atomic E-state index is 11.6. The Morgan fingerprint density at radius 1 is 1.23 bits per heavy atom. The first-order valence-electron chi connectivity index (χ1n) is 7.93. The molecule has 1 aromatic rings. The lowest BCUT2D eigenvalue weighted by molar-refractivity contribution is -0.125. The number of likely N-dealkylation sites (tertiary alicyclic amines) is 1. The number of benzene rings is 1. The Morgan fingerprint density at radius 3 is 2.45 bits per heavy atom. The zero-order valence-corrected chi connectivity index (χ0v) is 13.5. The summed E-state index contributed by atoms with van der Waals surface area (Å²) in [4.78, 5) is 14.0. The van der Waals surface area contributed by atoms with Crippen molar-refractivity contribution in [2.45, 2.75) is 19.3 Å². The predicted molar refractivity (Wildman–Crippen MR) is 86.3 cm³/mol. The number of piperidine rings is 1. The fourth-order valence-electron chi connectivity index (χ4n) is 2.77. The molecule has 1 saturated heterocycles. The van der Waals surface area contributed by atoms with E-state index in [0.717, 1.165) is 50.4 Å². The van der Waals surface area contributed by atoms with Crippen LogP contribution in [0.1, 0.15) is 19.3 Å². The maximum absolute atomic E-state index is 11.6. The Bertz CT molecular complexity index is 453. The number of nitrogens with zero attached hydrogens (tertiary/aromatic N) is 1. The summed E-state index contributed by atoms with van der Waals surface area (Å²) < 4.78 is 10.8. The molecular formula is C17H26N2O3. The van der Waals surface area contributed by atoms with Crippen molar-refractivity contribution >= 4 is 5.91 Å². The highest BCUT2D eigenvalue weighted by Crippen LogP contribution is 2.18. The number of amides is 1. The van der Waals surface area contributed by atoms with Gasteiger partial charge in [-0.25, -0.2) is 0 Å². The fourth-order valence-corrected chi connectivity index (χ4v) is 2.77. The average molecular weight is 306 g/mol. The number of rotatable bonds is 7. The first-order valence-corrected chi connectivity index (χ1v) is 7.93. The van der Waals surface area contributed by atoms with E-state index >= 15 is 0 Å². The number of carbonyl (C=O) groups is 1. The topological polar surface area (TPSA) is 50.8 Å². The molecule has 0 unspecified atom stereocenters. The Morgan fingerprint density at radius 2 is 1.86 bits per heavy atom. The van der Waals surface area contributed by atoms with Gasteiger partial charge in [-0.05, 0) is 56.6 Å². The van der Waals surface area contributed by atoms with Crippen LogP contribution in [-0.2, 0) is 4.79 Å². The van der Waals surface area contributed by atoms with Crippen LogP contribution in [0.25, 0.3) is 0 Å². The highest BCUT2D eigenvalue weighted by molar-refractivity contribution is 5.78. The molecule has 1 N–H and O–H groups in total. The maximum Gasteiger partial charge on any atom is 0.222 e. The smallest absolute Gasteiger partial charge is 0.222 e. The Balaban J connectivity index is 1.60. The number of ether oxygens (including phenoxy) is 2. The molecule has 1 aliphatic rings. The number of methoxy groups -OCH3 is 1. The highest BCUT2D eigenvalue weighted by Gasteiger charge is 2.23. The van der Waals surface area contributed by atoms with E-state index in [1.807, 2.05) is 24.3 Å². The van der Waals surface area contributed by atoms with Crippen LogP contribution in [-0.4, -0.2) is 51.2 Å². The van der Waals surface area contributed by atoms with Crippen LogP contribution in [0.2, 0.25) is 0 Å². The lowest BCUT2D eigenvalue weighted by Crippen LogP contribution is -2.40. The van der Waals surface area contributed by atoms with Gasteiger partial charge >= 0.3 is 0 Å². The molecule has 1 heterocycles. The minimum Gasteiger partial charge on any atom is -0.497 e. The van der Waals surface area contributed by atoms with Crippen molar-refractivity contribution in [2.75, 3.05) is 40.4 Å². The summed E-state index contributed by atoms with van der Waals surface area (Å²) in [5, 5.41) is 2.74. The van der Waals surface area contributed by atoms with Crippen LogP contribution in [0.15, 0.2) is 24.3 Å². The van der Waals surface area contributed by atoms with E-state index in [1.165, 1.54) is 0 Å². The SMILES string of the molecule is CNC(=O)C1CCN(CCCOc2ccc(OC)cc2)CC1. The molecule has 0 atom stereocenters. The molecule has 0 spiro atoms. The average Bonchev–Trinajstić information content (AvgIpc) is 2.59. The summed E-state index contributed by atoms with van der Waals surface area (Å²) in [6.07, 6.45) is 2.91. The standard InChI is InChI=1S/C17H26N2O3/c1-18-17(20)14-8-11-19(12-9-14)10-3-13-22-16-6-4-15(21-2)5-7-16/h4-7,14H,3,8-13H2,1-2H3,(H,18,20). The van der Waals surface area contributed by atoms with Crippen molar-refractivity contribution in [2.24, 2.45) is 5.92 Å². The molecule has 1 aliphatic heterocycles. The van der Waals surface area contributed by atoms with Crippen molar-refractivity contribution in [3.63, 3.8) is 0 Å². The number of carbonyl (C=O) groups excluding carboxylic acids is 1. The van der Waals surface area contributed by atoms with Gasteiger partial charge in [0, 0.05) is 19.5 Å². The Hall–Kier alpha value is -1.75. The quantitative estimate of drug-likeness (QED) is 0.782. The first kappa shape index (κ1) is 16.6. The Labute approximate surface area is 132 Å². The second-order valence-corrected chi connectivity index (χ2v) is 5.61. The second kappa shape index (κ2) is 8.63. The van der Waals surface area contributed by atoms with Gasteiger partial charge in [0.1, 0.15) is 11.5 Å². The molecule has 5 nitrogen and oxygen atoms in total. The van der Waals surface area contributed by atoms with Gasteiger partial charge in [-0.2, -0.15) is 0 Å². The molecule has 0 aliphatic carbocycles. The van der Waals surface area contributed by atoms with Gasteiger partial charge in [0.25, 0.3) is 0 Å². The van der Waals surface area contributed by atoms with Crippen molar-refractivity contribution in [1.82, 2.24) is 10.2 Å². The van der Waals surface area contributed by atoms with E-state index < -0.39 is 0 Å². The summed E-state index contributed by atoms with van der Waals surface area (Å²) in [5.74, 6) is 2.09. The number of nitrogens with one attached hydrogen (secondary N) is 1. The second-order valence-electron chi connectivity index (χ2n) is 5.61. The lowest BCUT2D eigenvalue weighted by Gasteiger charge is -2.30. The van der Waals surface area contributed by atoms with Gasteiger partial charge < -0.3 is 19.7 Å².